The molecule has 0 fully saturated rings. The van der Waals surface area contributed by atoms with Gasteiger partial charge in [0.05, 0.1) is 18.4 Å². The van der Waals surface area contributed by atoms with Crippen molar-refractivity contribution in [2.45, 2.75) is 26.4 Å². The highest BCUT2D eigenvalue weighted by molar-refractivity contribution is 14.0. The third-order valence-corrected chi connectivity index (χ3v) is 2.79. The van der Waals surface area contributed by atoms with Crippen molar-refractivity contribution in [3.05, 3.63) is 42.4 Å². The smallest absolute Gasteiger partial charge is 0.191 e. The average molecular weight is 399 g/mol. The summed E-state index contributed by atoms with van der Waals surface area (Å²) in [5.74, 6) is 1.66. The largest absolute Gasteiger partial charge is 0.354 e. The van der Waals surface area contributed by atoms with E-state index in [1.54, 1.807) is 7.05 Å². The number of aromatic nitrogens is 2. The van der Waals surface area contributed by atoms with Crippen LogP contribution < -0.4 is 10.6 Å². The second kappa shape index (κ2) is 8.66. The normalized spacial score (nSPS) is 11.1. The van der Waals surface area contributed by atoms with Crippen molar-refractivity contribution in [1.82, 2.24) is 20.6 Å². The molecule has 1 aromatic heterocycles. The van der Waals surface area contributed by atoms with Crippen LogP contribution in [0, 0.1) is 0 Å². The lowest BCUT2D eigenvalue weighted by Crippen LogP contribution is -2.40. The van der Waals surface area contributed by atoms with E-state index in [1.807, 2.05) is 24.4 Å². The van der Waals surface area contributed by atoms with Crippen molar-refractivity contribution in [1.29, 1.82) is 0 Å². The first-order chi connectivity index (χ1) is 9.69. The highest BCUT2D eigenvalue weighted by atomic mass is 127. The fraction of sp³-hybridized carbons (Fsp3) is 0.333. The molecule has 0 unspecified atom stereocenters. The number of guanidine groups is 1. The van der Waals surface area contributed by atoms with Gasteiger partial charge in [-0.3, -0.25) is 4.99 Å². The zero-order chi connectivity index (χ0) is 14.4. The molecule has 0 bridgehead atoms. The molecule has 0 aliphatic rings. The maximum Gasteiger partial charge on any atom is 0.191 e. The summed E-state index contributed by atoms with van der Waals surface area (Å²) in [6, 6.07) is 10.5. The minimum Gasteiger partial charge on any atom is -0.354 e. The molecule has 0 radical (unpaired) electrons. The molecule has 2 rings (SSSR count). The van der Waals surface area contributed by atoms with E-state index in [4.69, 9.17) is 0 Å². The summed E-state index contributed by atoms with van der Waals surface area (Å²) in [6.07, 6.45) is 1.85. The molecule has 6 heteroatoms. The topological polar surface area (TPSA) is 65.1 Å². The third kappa shape index (κ3) is 5.37. The van der Waals surface area contributed by atoms with Gasteiger partial charge in [0.25, 0.3) is 0 Å². The highest BCUT2D eigenvalue weighted by Crippen LogP contribution is 2.15. The Bertz CT molecular complexity index is 562. The van der Waals surface area contributed by atoms with Crippen LogP contribution in [0.2, 0.25) is 0 Å². The number of nitrogens with one attached hydrogen (secondary N) is 3. The Morgan fingerprint density at radius 3 is 2.62 bits per heavy atom. The lowest BCUT2D eigenvalue weighted by Gasteiger charge is -2.13. The summed E-state index contributed by atoms with van der Waals surface area (Å²) in [5.41, 5.74) is 2.16. The molecule has 0 saturated heterocycles. The lowest BCUT2D eigenvalue weighted by molar-refractivity contribution is 0.693. The molecule has 1 heterocycles. The van der Waals surface area contributed by atoms with Crippen LogP contribution in [0.3, 0.4) is 0 Å². The van der Waals surface area contributed by atoms with Crippen molar-refractivity contribution < 1.29 is 0 Å². The monoisotopic (exact) mass is 399 g/mol. The van der Waals surface area contributed by atoms with Crippen LogP contribution in [0.1, 0.15) is 19.7 Å². The number of benzene rings is 1. The summed E-state index contributed by atoms with van der Waals surface area (Å²) in [5, 5.41) is 6.46. The van der Waals surface area contributed by atoms with Crippen LogP contribution in [0.5, 0.6) is 0 Å². The quantitative estimate of drug-likeness (QED) is 0.421. The first-order valence-electron chi connectivity index (χ1n) is 6.75. The van der Waals surface area contributed by atoms with Gasteiger partial charge in [0.15, 0.2) is 5.96 Å². The Kier molecular flexibility index (Phi) is 7.21. The fourth-order valence-electron chi connectivity index (χ4n) is 1.85. The Hall–Kier alpha value is -1.57. The molecular formula is C15H22IN5. The molecular weight excluding hydrogens is 377 g/mol. The van der Waals surface area contributed by atoms with Gasteiger partial charge in [-0.25, -0.2) is 4.98 Å². The first kappa shape index (κ1) is 17.5. The number of hydrogen-bond donors (Lipinski definition) is 3. The van der Waals surface area contributed by atoms with Crippen LogP contribution in [-0.2, 0) is 6.54 Å². The number of aliphatic imine (C=N–C) groups is 1. The minimum absolute atomic E-state index is 0. The summed E-state index contributed by atoms with van der Waals surface area (Å²) >= 11 is 0. The van der Waals surface area contributed by atoms with Crippen molar-refractivity contribution in [3.63, 3.8) is 0 Å². The minimum atomic E-state index is 0. The summed E-state index contributed by atoms with van der Waals surface area (Å²) < 4.78 is 0. The number of imidazole rings is 1. The molecule has 3 N–H and O–H groups in total. The van der Waals surface area contributed by atoms with Crippen LogP contribution in [-0.4, -0.2) is 29.0 Å². The molecule has 21 heavy (non-hydrogen) atoms. The molecule has 5 nitrogen and oxygen atoms in total. The second-order valence-corrected chi connectivity index (χ2v) is 4.83. The van der Waals surface area contributed by atoms with Gasteiger partial charge >= 0.3 is 0 Å². The van der Waals surface area contributed by atoms with Gasteiger partial charge in [-0.2, -0.15) is 0 Å². The van der Waals surface area contributed by atoms with E-state index in [1.165, 1.54) is 0 Å². The van der Waals surface area contributed by atoms with E-state index in [0.717, 1.165) is 23.0 Å². The zero-order valence-electron chi connectivity index (χ0n) is 12.6. The predicted molar refractivity (Wildman–Crippen MR) is 97.9 cm³/mol. The molecule has 0 amide bonds. The average Bonchev–Trinajstić information content (AvgIpc) is 2.93. The van der Waals surface area contributed by atoms with Crippen molar-refractivity contribution in [2.75, 3.05) is 7.05 Å². The van der Waals surface area contributed by atoms with Crippen LogP contribution >= 0.6 is 24.0 Å². The van der Waals surface area contributed by atoms with E-state index in [-0.39, 0.29) is 24.0 Å². The van der Waals surface area contributed by atoms with Gasteiger partial charge in [0.2, 0.25) is 0 Å². The molecule has 0 aliphatic heterocycles. The number of hydrogen-bond acceptors (Lipinski definition) is 2. The number of aromatic amines is 1. The van der Waals surface area contributed by atoms with Crippen LogP contribution in [0.25, 0.3) is 11.3 Å². The maximum atomic E-state index is 4.38. The number of H-pyrrole nitrogens is 1. The van der Waals surface area contributed by atoms with Crippen molar-refractivity contribution in [3.8, 4) is 11.3 Å². The first-order valence-corrected chi connectivity index (χ1v) is 6.75. The number of rotatable bonds is 4. The number of nitrogens with zero attached hydrogens (tertiary/aromatic N) is 2. The summed E-state index contributed by atoms with van der Waals surface area (Å²) in [7, 11) is 1.76. The predicted octanol–water partition coefficient (Wildman–Crippen LogP) is 2.77. The third-order valence-electron chi connectivity index (χ3n) is 2.79. The second-order valence-electron chi connectivity index (χ2n) is 4.83. The molecule has 0 atom stereocenters. The molecule has 114 valence electrons. The van der Waals surface area contributed by atoms with E-state index in [0.29, 0.717) is 12.6 Å². The molecule has 0 saturated carbocycles. The van der Waals surface area contributed by atoms with E-state index in [2.05, 4.69) is 51.6 Å². The van der Waals surface area contributed by atoms with E-state index in [9.17, 15) is 0 Å². The van der Waals surface area contributed by atoms with Crippen LogP contribution in [0.15, 0.2) is 41.5 Å². The fourth-order valence-corrected chi connectivity index (χ4v) is 1.85. The molecule has 1 aromatic carbocycles. The van der Waals surface area contributed by atoms with Gasteiger partial charge in [-0.1, -0.05) is 30.3 Å². The maximum absolute atomic E-state index is 4.38. The Labute approximate surface area is 142 Å². The highest BCUT2D eigenvalue weighted by Gasteiger charge is 2.04. The molecule has 0 spiro atoms. The molecule has 2 aromatic rings. The molecule has 0 aliphatic carbocycles. The van der Waals surface area contributed by atoms with Crippen LogP contribution in [0.4, 0.5) is 0 Å². The van der Waals surface area contributed by atoms with Gasteiger partial charge in [-0.05, 0) is 19.4 Å². The summed E-state index contributed by atoms with van der Waals surface area (Å²) in [6.45, 7) is 4.76. The Balaban J connectivity index is 0.00000220. The lowest BCUT2D eigenvalue weighted by atomic mass is 10.2. The van der Waals surface area contributed by atoms with Crippen molar-refractivity contribution >= 4 is 29.9 Å². The van der Waals surface area contributed by atoms with Gasteiger partial charge in [-0.15, -0.1) is 24.0 Å². The Morgan fingerprint density at radius 2 is 2.00 bits per heavy atom. The van der Waals surface area contributed by atoms with E-state index < -0.39 is 0 Å². The number of halogens is 1. The Morgan fingerprint density at radius 1 is 1.29 bits per heavy atom. The standard InChI is InChI=1S/C15H21N5.HI/c1-11(2)19-15(16-3)18-10-14-17-9-13(20-14)12-7-5-4-6-8-12;/h4-9,11H,10H2,1-3H3,(H,17,20)(H2,16,18,19);1H. The van der Waals surface area contributed by atoms with Gasteiger partial charge < -0.3 is 15.6 Å². The zero-order valence-corrected chi connectivity index (χ0v) is 14.9. The van der Waals surface area contributed by atoms with Gasteiger partial charge in [0.1, 0.15) is 5.82 Å². The van der Waals surface area contributed by atoms with Gasteiger partial charge in [0, 0.05) is 13.1 Å². The summed E-state index contributed by atoms with van der Waals surface area (Å²) in [4.78, 5) is 11.8. The van der Waals surface area contributed by atoms with Crippen molar-refractivity contribution in [2.24, 2.45) is 4.99 Å². The SMILES string of the molecule is CN=C(NCc1ncc(-c2ccccc2)[nH]1)NC(C)C.I. The van der Waals surface area contributed by atoms with E-state index >= 15 is 0 Å².